The average molecular weight is 431 g/mol. The van der Waals surface area contributed by atoms with Gasteiger partial charge in [-0.3, -0.25) is 0 Å². The van der Waals surface area contributed by atoms with E-state index < -0.39 is 0 Å². The van der Waals surface area contributed by atoms with Crippen LogP contribution in [-0.4, -0.2) is 12.4 Å². The molecule has 2 heteroatoms. The molecule has 8 atom stereocenters. The fourth-order valence-electron chi connectivity index (χ4n) is 7.66. The zero-order valence-corrected chi connectivity index (χ0v) is 19.7. The van der Waals surface area contributed by atoms with Gasteiger partial charge in [0.05, 0.1) is 6.10 Å². The van der Waals surface area contributed by atoms with Crippen molar-refractivity contribution in [1.82, 2.24) is 0 Å². The number of ether oxygens (including phenoxy) is 2. The topological polar surface area (TPSA) is 18.5 Å². The molecule has 8 unspecified atom stereocenters. The quantitative estimate of drug-likeness (QED) is 0.424. The van der Waals surface area contributed by atoms with Crippen LogP contribution in [0.25, 0.3) is 0 Å². The van der Waals surface area contributed by atoms with E-state index in [4.69, 9.17) is 9.47 Å². The van der Waals surface area contributed by atoms with E-state index in [0.29, 0.717) is 17.9 Å². The van der Waals surface area contributed by atoms with Gasteiger partial charge in [-0.15, -0.1) is 0 Å². The van der Waals surface area contributed by atoms with Crippen molar-refractivity contribution in [2.45, 2.75) is 89.4 Å². The van der Waals surface area contributed by atoms with Gasteiger partial charge in [0.1, 0.15) is 5.75 Å². The van der Waals surface area contributed by atoms with Crippen LogP contribution >= 0.6 is 0 Å². The van der Waals surface area contributed by atoms with Gasteiger partial charge in [-0.05, 0) is 103 Å². The molecule has 170 valence electrons. The maximum Gasteiger partial charge on any atom is 0.207 e. The molecule has 32 heavy (non-hydrogen) atoms. The zero-order chi connectivity index (χ0) is 21.7. The molecule has 0 amide bonds. The molecule has 0 radical (unpaired) electrons. The fourth-order valence-corrected chi connectivity index (χ4v) is 7.66. The van der Waals surface area contributed by atoms with E-state index in [2.05, 4.69) is 62.4 Å². The molecule has 2 aromatic rings. The van der Waals surface area contributed by atoms with Crippen LogP contribution in [0.2, 0.25) is 0 Å². The van der Waals surface area contributed by atoms with E-state index in [0.717, 1.165) is 48.7 Å². The lowest BCUT2D eigenvalue weighted by atomic mass is 9.80. The minimum atomic E-state index is -0.183. The second-order valence-electron chi connectivity index (χ2n) is 11.0. The summed E-state index contributed by atoms with van der Waals surface area (Å²) in [4.78, 5) is 0. The highest BCUT2D eigenvalue weighted by Gasteiger charge is 2.55. The molecule has 2 nitrogen and oxygen atoms in total. The Hall–Kier alpha value is -1.80. The third-order valence-corrected chi connectivity index (χ3v) is 9.50. The first-order valence-electron chi connectivity index (χ1n) is 13.2. The predicted molar refractivity (Wildman–Crippen MR) is 129 cm³/mol. The molecular weight excluding hydrogens is 392 g/mol. The molecule has 3 saturated carbocycles. The molecule has 0 saturated heterocycles. The Morgan fingerprint density at radius 2 is 1.72 bits per heavy atom. The third kappa shape index (κ3) is 3.59. The van der Waals surface area contributed by atoms with Gasteiger partial charge in [0.15, 0.2) is 0 Å². The SMILES string of the molecule is CCC(C)c1ccc(OC(OC2CC3CC2C2CCCC32)C2CCc3ccccc32)cc1. The van der Waals surface area contributed by atoms with Crippen LogP contribution < -0.4 is 4.74 Å². The van der Waals surface area contributed by atoms with Gasteiger partial charge >= 0.3 is 0 Å². The maximum atomic E-state index is 6.97. The van der Waals surface area contributed by atoms with E-state index in [1.807, 2.05) is 0 Å². The Morgan fingerprint density at radius 3 is 2.56 bits per heavy atom. The minimum absolute atomic E-state index is 0.183. The van der Waals surface area contributed by atoms with Crippen molar-refractivity contribution in [2.24, 2.45) is 23.7 Å². The highest BCUT2D eigenvalue weighted by Crippen LogP contribution is 2.60. The van der Waals surface area contributed by atoms with E-state index in [9.17, 15) is 0 Å². The summed E-state index contributed by atoms with van der Waals surface area (Å²) in [6.45, 7) is 4.55. The van der Waals surface area contributed by atoms with E-state index >= 15 is 0 Å². The smallest absolute Gasteiger partial charge is 0.207 e. The normalized spacial score (nSPS) is 34.3. The van der Waals surface area contributed by atoms with E-state index in [1.165, 1.54) is 48.8 Å². The second kappa shape index (κ2) is 8.52. The van der Waals surface area contributed by atoms with Crippen molar-refractivity contribution in [1.29, 1.82) is 0 Å². The van der Waals surface area contributed by atoms with Crippen molar-refractivity contribution in [3.05, 3.63) is 65.2 Å². The Kier molecular flexibility index (Phi) is 5.53. The maximum absolute atomic E-state index is 6.97. The summed E-state index contributed by atoms with van der Waals surface area (Å²) in [6.07, 6.45) is 10.6. The monoisotopic (exact) mass is 430 g/mol. The van der Waals surface area contributed by atoms with Gasteiger partial charge in [0.25, 0.3) is 0 Å². The number of benzene rings is 2. The summed E-state index contributed by atoms with van der Waals surface area (Å²) < 4.78 is 13.7. The van der Waals surface area contributed by atoms with Crippen molar-refractivity contribution < 1.29 is 9.47 Å². The van der Waals surface area contributed by atoms with Crippen LogP contribution in [0.1, 0.15) is 87.3 Å². The molecule has 4 aliphatic carbocycles. The van der Waals surface area contributed by atoms with Crippen LogP contribution in [0.3, 0.4) is 0 Å². The van der Waals surface area contributed by atoms with Gasteiger partial charge < -0.3 is 9.47 Å². The van der Waals surface area contributed by atoms with E-state index in [-0.39, 0.29) is 6.29 Å². The van der Waals surface area contributed by atoms with Crippen molar-refractivity contribution in [3.8, 4) is 5.75 Å². The molecule has 2 aromatic carbocycles. The molecule has 0 N–H and O–H groups in total. The van der Waals surface area contributed by atoms with Crippen LogP contribution in [0.5, 0.6) is 5.75 Å². The highest BCUT2D eigenvalue weighted by molar-refractivity contribution is 5.36. The molecule has 2 bridgehead atoms. The Bertz CT molecular complexity index is 934. The lowest BCUT2D eigenvalue weighted by molar-refractivity contribution is -0.154. The van der Waals surface area contributed by atoms with Crippen molar-refractivity contribution in [2.75, 3.05) is 0 Å². The lowest BCUT2D eigenvalue weighted by Crippen LogP contribution is -2.38. The highest BCUT2D eigenvalue weighted by atomic mass is 16.7. The summed E-state index contributed by atoms with van der Waals surface area (Å²) in [5.41, 5.74) is 4.31. The first-order chi connectivity index (χ1) is 15.7. The molecule has 0 heterocycles. The number of hydrogen-bond donors (Lipinski definition) is 0. The second-order valence-corrected chi connectivity index (χ2v) is 11.0. The summed E-state index contributed by atoms with van der Waals surface area (Å²) >= 11 is 0. The Balaban J connectivity index is 1.24. The van der Waals surface area contributed by atoms with Crippen LogP contribution in [-0.2, 0) is 11.2 Å². The van der Waals surface area contributed by atoms with Gasteiger partial charge in [-0.25, -0.2) is 0 Å². The fraction of sp³-hybridized carbons (Fsp3) is 0.600. The van der Waals surface area contributed by atoms with Crippen LogP contribution in [0.4, 0.5) is 0 Å². The standard InChI is InChI=1S/C30H38O2/c1-3-19(2)20-11-14-23(15-12-20)31-30(27-16-13-21-7-4-5-8-24(21)27)32-29-18-22-17-28(29)26-10-6-9-25(22)26/h4-5,7-8,11-12,14-15,19,22,25-30H,3,6,9-10,13,16-18H2,1-2H3. The number of fused-ring (bicyclic) bond motifs is 6. The molecule has 3 fully saturated rings. The molecule has 0 spiro atoms. The summed E-state index contributed by atoms with van der Waals surface area (Å²) in [5, 5.41) is 0. The van der Waals surface area contributed by atoms with Crippen molar-refractivity contribution in [3.63, 3.8) is 0 Å². The summed E-state index contributed by atoms with van der Waals surface area (Å²) in [5.74, 6) is 5.47. The van der Waals surface area contributed by atoms with Gasteiger partial charge in [-0.1, -0.05) is 56.7 Å². The van der Waals surface area contributed by atoms with Gasteiger partial charge in [0, 0.05) is 5.92 Å². The van der Waals surface area contributed by atoms with Crippen molar-refractivity contribution >= 4 is 0 Å². The largest absolute Gasteiger partial charge is 0.464 e. The first kappa shape index (κ1) is 20.8. The van der Waals surface area contributed by atoms with Gasteiger partial charge in [0.2, 0.25) is 6.29 Å². The zero-order valence-electron chi connectivity index (χ0n) is 19.7. The van der Waals surface area contributed by atoms with Crippen LogP contribution in [0.15, 0.2) is 48.5 Å². The Morgan fingerprint density at radius 1 is 0.906 bits per heavy atom. The molecule has 6 rings (SSSR count). The Labute approximate surface area is 193 Å². The first-order valence-corrected chi connectivity index (χ1v) is 13.2. The predicted octanol–water partition coefficient (Wildman–Crippen LogP) is 7.48. The molecule has 0 aromatic heterocycles. The molecule has 4 aliphatic rings. The third-order valence-electron chi connectivity index (χ3n) is 9.50. The van der Waals surface area contributed by atoms with E-state index in [1.54, 1.807) is 0 Å². The number of aryl methyl sites for hydroxylation is 1. The number of rotatable bonds is 7. The van der Waals surface area contributed by atoms with Crippen LogP contribution in [0, 0.1) is 23.7 Å². The summed E-state index contributed by atoms with van der Waals surface area (Å²) in [6, 6.07) is 17.7. The minimum Gasteiger partial charge on any atom is -0.464 e. The summed E-state index contributed by atoms with van der Waals surface area (Å²) in [7, 11) is 0. The molecule has 0 aliphatic heterocycles. The number of hydrogen-bond acceptors (Lipinski definition) is 2. The van der Waals surface area contributed by atoms with Gasteiger partial charge in [-0.2, -0.15) is 0 Å². The molecular formula is C30H38O2. The average Bonchev–Trinajstić information content (AvgIpc) is 3.60. The lowest BCUT2D eigenvalue weighted by Gasteiger charge is -2.36.